The van der Waals surface area contributed by atoms with Crippen LogP contribution in [0.2, 0.25) is 0 Å². The summed E-state index contributed by atoms with van der Waals surface area (Å²) in [5.74, 6) is -1.39. The summed E-state index contributed by atoms with van der Waals surface area (Å²) in [5, 5.41) is 3.94. The fourth-order valence-electron chi connectivity index (χ4n) is 3.14. The highest BCUT2D eigenvalue weighted by molar-refractivity contribution is 5.51. The van der Waals surface area contributed by atoms with Crippen molar-refractivity contribution in [3.05, 3.63) is 59.7 Å². The number of halogens is 3. The third kappa shape index (κ3) is 2.32. The Morgan fingerprint density at radius 2 is 1.96 bits per heavy atom. The van der Waals surface area contributed by atoms with Crippen molar-refractivity contribution in [3.63, 3.8) is 0 Å². The summed E-state index contributed by atoms with van der Waals surface area (Å²) in [6, 6.07) is 4.59. The average molecular weight is 318 g/mol. The largest absolute Gasteiger partial charge is 0.347 e. The van der Waals surface area contributed by atoms with Gasteiger partial charge >= 0.3 is 0 Å². The van der Waals surface area contributed by atoms with Crippen LogP contribution < -0.4 is 4.90 Å². The Balaban J connectivity index is 1.80. The number of benzene rings is 1. The monoisotopic (exact) mass is 318 g/mol. The van der Waals surface area contributed by atoms with Gasteiger partial charge in [-0.15, -0.1) is 0 Å². The van der Waals surface area contributed by atoms with Crippen molar-refractivity contribution in [1.29, 1.82) is 0 Å². The maximum Gasteiger partial charge on any atom is 0.184 e. The molecule has 1 atom stereocenters. The van der Waals surface area contributed by atoms with E-state index >= 15 is 0 Å². The zero-order valence-corrected chi connectivity index (χ0v) is 12.1. The lowest BCUT2D eigenvalue weighted by Crippen LogP contribution is -2.26. The number of hydrogen-bond donors (Lipinski definition) is 0. The second kappa shape index (κ2) is 5.26. The number of fused-ring (bicyclic) bond motifs is 1. The highest BCUT2D eigenvalue weighted by atomic mass is 19.1. The maximum absolute atomic E-state index is 14.4. The highest BCUT2D eigenvalue weighted by Gasteiger charge is 2.31. The first-order valence-electron chi connectivity index (χ1n) is 7.35. The van der Waals surface area contributed by atoms with Crippen molar-refractivity contribution in [3.8, 4) is 0 Å². The second-order valence-electron chi connectivity index (χ2n) is 5.56. The minimum Gasteiger partial charge on any atom is -0.347 e. The van der Waals surface area contributed by atoms with Gasteiger partial charge in [-0.3, -0.25) is 0 Å². The van der Waals surface area contributed by atoms with Gasteiger partial charge in [-0.05, 0) is 31.0 Å². The SMILES string of the molecule is Fc1ccc(F)c(C2CCCN2c2nc3ccnn3cc2F)c1. The molecule has 3 aromatic rings. The first kappa shape index (κ1) is 14.0. The molecule has 118 valence electrons. The van der Waals surface area contributed by atoms with E-state index in [0.717, 1.165) is 18.6 Å². The summed E-state index contributed by atoms with van der Waals surface area (Å²) in [5.41, 5.74) is 0.740. The molecule has 0 bridgehead atoms. The summed E-state index contributed by atoms with van der Waals surface area (Å²) >= 11 is 0. The van der Waals surface area contributed by atoms with Gasteiger partial charge in [0.1, 0.15) is 11.6 Å². The van der Waals surface area contributed by atoms with Gasteiger partial charge in [0.25, 0.3) is 0 Å². The van der Waals surface area contributed by atoms with Crippen molar-refractivity contribution >= 4 is 11.5 Å². The molecule has 1 aromatic carbocycles. The minimum atomic E-state index is -0.537. The van der Waals surface area contributed by atoms with Crippen molar-refractivity contribution in [1.82, 2.24) is 14.6 Å². The lowest BCUT2D eigenvalue weighted by Gasteiger charge is -2.26. The van der Waals surface area contributed by atoms with Crippen LogP contribution in [0.5, 0.6) is 0 Å². The fraction of sp³-hybridized carbons (Fsp3) is 0.250. The Labute approximate surface area is 130 Å². The van der Waals surface area contributed by atoms with Crippen LogP contribution in [0.15, 0.2) is 36.7 Å². The van der Waals surface area contributed by atoms with E-state index in [1.807, 2.05) is 0 Å². The molecule has 0 amide bonds. The van der Waals surface area contributed by atoms with Crippen LogP contribution in [-0.2, 0) is 0 Å². The standard InChI is InChI=1S/C16H13F3N4/c17-10-3-4-12(18)11(8-10)14-2-1-7-22(14)16-13(19)9-23-15(21-16)5-6-20-23/h3-6,8-9,14H,1-2,7H2. The summed E-state index contributed by atoms with van der Waals surface area (Å²) in [6.07, 6.45) is 4.15. The summed E-state index contributed by atoms with van der Waals surface area (Å²) < 4.78 is 43.3. The van der Waals surface area contributed by atoms with E-state index in [1.165, 1.54) is 23.0 Å². The van der Waals surface area contributed by atoms with Gasteiger partial charge < -0.3 is 4.90 Å². The Kier molecular flexibility index (Phi) is 3.21. The molecule has 1 saturated heterocycles. The van der Waals surface area contributed by atoms with Crippen molar-refractivity contribution < 1.29 is 13.2 Å². The van der Waals surface area contributed by atoms with Gasteiger partial charge in [0.05, 0.1) is 18.4 Å². The van der Waals surface area contributed by atoms with E-state index in [4.69, 9.17) is 0 Å². The smallest absolute Gasteiger partial charge is 0.184 e. The minimum absolute atomic E-state index is 0.143. The van der Waals surface area contributed by atoms with Crippen molar-refractivity contribution in [2.24, 2.45) is 0 Å². The molecule has 2 aromatic heterocycles. The zero-order chi connectivity index (χ0) is 16.0. The molecule has 1 fully saturated rings. The summed E-state index contributed by atoms with van der Waals surface area (Å²) in [7, 11) is 0. The van der Waals surface area contributed by atoms with E-state index < -0.39 is 23.5 Å². The molecule has 0 radical (unpaired) electrons. The number of anilines is 1. The Bertz CT molecular complexity index is 877. The molecule has 0 N–H and O–H groups in total. The average Bonchev–Trinajstić information content (AvgIpc) is 3.17. The van der Waals surface area contributed by atoms with Crippen LogP contribution in [-0.4, -0.2) is 21.1 Å². The molecule has 1 aliphatic rings. The van der Waals surface area contributed by atoms with Crippen LogP contribution in [0.1, 0.15) is 24.4 Å². The normalized spacial score (nSPS) is 18.0. The summed E-state index contributed by atoms with van der Waals surface area (Å²) in [6.45, 7) is 0.537. The van der Waals surface area contributed by atoms with Crippen LogP contribution >= 0.6 is 0 Å². The molecular formula is C16H13F3N4. The molecule has 0 aliphatic carbocycles. The lowest BCUT2D eigenvalue weighted by atomic mass is 10.0. The first-order valence-corrected chi connectivity index (χ1v) is 7.35. The molecule has 1 aliphatic heterocycles. The van der Waals surface area contributed by atoms with E-state index in [0.29, 0.717) is 18.6 Å². The highest BCUT2D eigenvalue weighted by Crippen LogP contribution is 2.37. The molecule has 0 spiro atoms. The van der Waals surface area contributed by atoms with Gasteiger partial charge in [-0.25, -0.2) is 22.7 Å². The molecule has 3 heterocycles. The molecule has 4 nitrogen and oxygen atoms in total. The predicted octanol–water partition coefficient (Wildman–Crippen LogP) is 3.49. The zero-order valence-electron chi connectivity index (χ0n) is 12.1. The van der Waals surface area contributed by atoms with E-state index in [2.05, 4.69) is 10.1 Å². The van der Waals surface area contributed by atoms with Gasteiger partial charge in [0.2, 0.25) is 0 Å². The third-order valence-electron chi connectivity index (χ3n) is 4.16. The lowest BCUT2D eigenvalue weighted by molar-refractivity contribution is 0.551. The number of aromatic nitrogens is 3. The Hall–Kier alpha value is -2.57. The van der Waals surface area contributed by atoms with Crippen LogP contribution in [0.25, 0.3) is 5.65 Å². The van der Waals surface area contributed by atoms with Gasteiger partial charge in [0.15, 0.2) is 17.3 Å². The quantitative estimate of drug-likeness (QED) is 0.725. The van der Waals surface area contributed by atoms with E-state index in [9.17, 15) is 13.2 Å². The molecule has 0 saturated carbocycles. The maximum atomic E-state index is 14.4. The van der Waals surface area contributed by atoms with Gasteiger partial charge in [-0.1, -0.05) is 0 Å². The molecule has 23 heavy (non-hydrogen) atoms. The van der Waals surface area contributed by atoms with Crippen LogP contribution in [0.3, 0.4) is 0 Å². The Morgan fingerprint density at radius 1 is 1.09 bits per heavy atom. The third-order valence-corrected chi connectivity index (χ3v) is 4.16. The van der Waals surface area contributed by atoms with E-state index in [-0.39, 0.29) is 11.4 Å². The van der Waals surface area contributed by atoms with Crippen LogP contribution in [0, 0.1) is 17.5 Å². The molecular weight excluding hydrogens is 305 g/mol. The van der Waals surface area contributed by atoms with E-state index in [1.54, 1.807) is 11.0 Å². The number of nitrogens with zero attached hydrogens (tertiary/aromatic N) is 4. The molecule has 1 unspecified atom stereocenters. The van der Waals surface area contributed by atoms with Gasteiger partial charge in [-0.2, -0.15) is 5.10 Å². The number of hydrogen-bond acceptors (Lipinski definition) is 3. The second-order valence-corrected chi connectivity index (χ2v) is 5.56. The van der Waals surface area contributed by atoms with Crippen molar-refractivity contribution in [2.45, 2.75) is 18.9 Å². The van der Waals surface area contributed by atoms with Crippen LogP contribution in [0.4, 0.5) is 19.0 Å². The number of rotatable bonds is 2. The fourth-order valence-corrected chi connectivity index (χ4v) is 3.14. The Morgan fingerprint density at radius 3 is 2.83 bits per heavy atom. The molecule has 7 heteroatoms. The predicted molar refractivity (Wildman–Crippen MR) is 78.6 cm³/mol. The topological polar surface area (TPSA) is 33.4 Å². The first-order chi connectivity index (χ1) is 11.1. The van der Waals surface area contributed by atoms with Gasteiger partial charge in [0, 0.05) is 18.2 Å². The molecule has 4 rings (SSSR count). The summed E-state index contributed by atoms with van der Waals surface area (Å²) in [4.78, 5) is 5.97. The van der Waals surface area contributed by atoms with Crippen molar-refractivity contribution in [2.75, 3.05) is 11.4 Å².